The summed E-state index contributed by atoms with van der Waals surface area (Å²) in [6.45, 7) is 12.2. The molecule has 0 aromatic carbocycles. The number of hydrogen-bond acceptors (Lipinski definition) is 10. The molecule has 0 aromatic rings. The van der Waals surface area contributed by atoms with E-state index >= 15 is 0 Å². The van der Waals surface area contributed by atoms with Gasteiger partial charge in [-0.2, -0.15) is 0 Å². The molecule has 0 spiro atoms. The van der Waals surface area contributed by atoms with Gasteiger partial charge in [0.1, 0.15) is 37.6 Å². The summed E-state index contributed by atoms with van der Waals surface area (Å²) in [6, 6.07) is 0. The van der Waals surface area contributed by atoms with Gasteiger partial charge in [-0.3, -0.25) is 9.59 Å². The lowest BCUT2D eigenvalue weighted by Crippen LogP contribution is -2.29. The summed E-state index contributed by atoms with van der Waals surface area (Å²) in [6.07, 6.45) is 8.84. The number of hydrogen-bond donors (Lipinski definition) is 0. The molecule has 238 valence electrons. The van der Waals surface area contributed by atoms with Gasteiger partial charge in [-0.15, -0.1) is 0 Å². The lowest BCUT2D eigenvalue weighted by molar-refractivity contribution is -0.149. The molecule has 10 heteroatoms. The molecule has 4 saturated heterocycles. The summed E-state index contributed by atoms with van der Waals surface area (Å²) in [5, 5.41) is 0. The number of ether oxygens (including phenoxy) is 6. The van der Waals surface area contributed by atoms with Crippen LogP contribution in [0.5, 0.6) is 0 Å². The Labute approximate surface area is 257 Å². The van der Waals surface area contributed by atoms with Crippen LogP contribution in [-0.2, 0) is 47.6 Å². The van der Waals surface area contributed by atoms with E-state index in [1.807, 2.05) is 13.8 Å². The summed E-state index contributed by atoms with van der Waals surface area (Å²) in [4.78, 5) is 49.4. The van der Waals surface area contributed by atoms with Crippen LogP contribution in [0.25, 0.3) is 0 Å². The van der Waals surface area contributed by atoms with Gasteiger partial charge in [-0.25, -0.2) is 9.59 Å². The summed E-state index contributed by atoms with van der Waals surface area (Å²) in [7, 11) is 0. The van der Waals surface area contributed by atoms with Gasteiger partial charge in [-0.05, 0) is 76.4 Å². The molecule has 0 amide bonds. The molecule has 6 rings (SSSR count). The smallest absolute Gasteiger partial charge is 0.334 e. The van der Waals surface area contributed by atoms with Gasteiger partial charge in [0, 0.05) is 23.0 Å². The van der Waals surface area contributed by atoms with E-state index < -0.39 is 11.9 Å². The summed E-state index contributed by atoms with van der Waals surface area (Å²) in [5.74, 6) is -1.92. The average Bonchev–Trinajstić information content (AvgIpc) is 3.80. The molecule has 0 aromatic heterocycles. The topological polar surface area (TPSA) is 130 Å². The highest BCUT2D eigenvalue weighted by atomic mass is 16.7. The Hall–Kier alpha value is -3.24. The highest BCUT2D eigenvalue weighted by molar-refractivity contribution is 5.91. The van der Waals surface area contributed by atoms with Crippen LogP contribution in [0.3, 0.4) is 0 Å². The molecule has 0 saturated carbocycles. The van der Waals surface area contributed by atoms with Crippen molar-refractivity contribution >= 4 is 23.9 Å². The third-order valence-corrected chi connectivity index (χ3v) is 10.2. The maximum atomic E-state index is 12.5. The van der Waals surface area contributed by atoms with Crippen LogP contribution < -0.4 is 0 Å². The largest absolute Gasteiger partial charge is 0.461 e. The zero-order valence-electron chi connectivity index (χ0n) is 25.6. The van der Waals surface area contributed by atoms with Crippen molar-refractivity contribution in [1.29, 1.82) is 0 Å². The Balaban J connectivity index is 0.949. The van der Waals surface area contributed by atoms with Crippen LogP contribution in [-0.4, -0.2) is 72.7 Å². The first-order valence-corrected chi connectivity index (χ1v) is 15.8. The van der Waals surface area contributed by atoms with Crippen molar-refractivity contribution in [3.63, 3.8) is 0 Å². The normalized spacial score (nSPS) is 40.3. The second-order valence-electron chi connectivity index (χ2n) is 13.4. The predicted octanol–water partition coefficient (Wildman–Crippen LogP) is 4.36. The minimum Gasteiger partial charge on any atom is -0.461 e. The summed E-state index contributed by atoms with van der Waals surface area (Å²) < 4.78 is 34.1. The minimum atomic E-state index is -0.472. The van der Waals surface area contributed by atoms with Crippen molar-refractivity contribution in [3.8, 4) is 0 Å². The zero-order chi connectivity index (χ0) is 31.2. The fraction of sp³-hybridized carbons (Fsp3) is 0.647. The molecular weight excluding hydrogens is 568 g/mol. The monoisotopic (exact) mass is 610 g/mol. The third-order valence-electron chi connectivity index (χ3n) is 10.2. The van der Waals surface area contributed by atoms with Crippen LogP contribution in [0, 0.1) is 11.8 Å². The molecule has 4 aliphatic heterocycles. The van der Waals surface area contributed by atoms with Crippen molar-refractivity contribution < 1.29 is 47.6 Å². The average molecular weight is 611 g/mol. The fourth-order valence-electron chi connectivity index (χ4n) is 7.20. The molecule has 0 N–H and O–H groups in total. The number of allylic oxidation sites excluding steroid dienone is 2. The van der Waals surface area contributed by atoms with Crippen molar-refractivity contribution in [2.24, 2.45) is 11.8 Å². The molecule has 8 atom stereocenters. The van der Waals surface area contributed by atoms with Crippen molar-refractivity contribution in [1.82, 2.24) is 0 Å². The SMILES string of the molecule is C=C1C(=O)O[C@@H]2[C@@H]1CC/C(COC(=O)CCC(=O)OC/C1=C/CC[C@@]3(C)O[C@H]3[C@H]3OC(=O)C(=C)[C@@H]3CC1)=C\CC[C@]1(C)O[C@H]21. The quantitative estimate of drug-likeness (QED) is 0.135. The number of carbonyl (C=O) groups excluding carboxylic acids is 4. The Morgan fingerprint density at radius 1 is 0.773 bits per heavy atom. The standard InChI is InChI=1S/C34H42O10/c1-19-23-11-9-21(7-5-15-33(3)29(43-33)27(23)41-31(19)37)17-39-25(35)13-14-26(36)40-18-22-8-6-16-34(4)30(44-34)28-24(12-10-22)20(2)32(38)42-28/h7-8,23-24,27-30H,1-2,5-6,9-18H2,3-4H3/b21-7+,22-8+/t23-,24+,27-,28+,29-,30+,33+,34-. The van der Waals surface area contributed by atoms with E-state index in [-0.39, 0.29) is 85.4 Å². The molecule has 6 aliphatic rings. The lowest BCUT2D eigenvalue weighted by atomic mass is 9.84. The second kappa shape index (κ2) is 11.9. The minimum absolute atomic E-state index is 0.0806. The van der Waals surface area contributed by atoms with Crippen LogP contribution in [0.4, 0.5) is 0 Å². The first kappa shape index (κ1) is 30.8. The molecule has 0 unspecified atom stereocenters. The Morgan fingerprint density at radius 2 is 1.18 bits per heavy atom. The molecular formula is C34H42O10. The first-order valence-electron chi connectivity index (χ1n) is 15.8. The van der Waals surface area contributed by atoms with Crippen molar-refractivity contribution in [2.45, 2.75) is 114 Å². The van der Waals surface area contributed by atoms with Crippen molar-refractivity contribution in [3.05, 3.63) is 47.6 Å². The summed E-state index contributed by atoms with van der Waals surface area (Å²) in [5.41, 5.74) is 2.22. The first-order chi connectivity index (χ1) is 21.0. The number of fused-ring (bicyclic) bond motifs is 6. The van der Waals surface area contributed by atoms with Gasteiger partial charge in [0.05, 0.1) is 24.0 Å². The van der Waals surface area contributed by atoms with E-state index in [9.17, 15) is 19.2 Å². The van der Waals surface area contributed by atoms with Crippen molar-refractivity contribution in [2.75, 3.05) is 13.2 Å². The zero-order valence-corrected chi connectivity index (χ0v) is 25.6. The highest BCUT2D eigenvalue weighted by Crippen LogP contribution is 2.51. The number of epoxide rings is 2. The van der Waals surface area contributed by atoms with Crippen LogP contribution in [0.2, 0.25) is 0 Å². The molecule has 4 fully saturated rings. The maximum Gasteiger partial charge on any atom is 0.334 e. The van der Waals surface area contributed by atoms with E-state index in [0.29, 0.717) is 36.8 Å². The molecule has 0 radical (unpaired) electrons. The third kappa shape index (κ3) is 6.29. The maximum absolute atomic E-state index is 12.5. The van der Waals surface area contributed by atoms with Gasteiger partial charge in [0.15, 0.2) is 0 Å². The Bertz CT molecular complexity index is 1230. The van der Waals surface area contributed by atoms with Gasteiger partial charge >= 0.3 is 23.9 Å². The molecule has 44 heavy (non-hydrogen) atoms. The molecule has 0 bridgehead atoms. The lowest BCUT2D eigenvalue weighted by Gasteiger charge is -2.20. The number of rotatable bonds is 7. The van der Waals surface area contributed by atoms with E-state index in [0.717, 1.165) is 36.8 Å². The Kier molecular flexibility index (Phi) is 8.34. The van der Waals surface area contributed by atoms with Crippen LogP contribution in [0.1, 0.15) is 78.1 Å². The molecule has 10 nitrogen and oxygen atoms in total. The second-order valence-corrected chi connectivity index (χ2v) is 13.4. The predicted molar refractivity (Wildman–Crippen MR) is 156 cm³/mol. The van der Waals surface area contributed by atoms with Crippen LogP contribution >= 0.6 is 0 Å². The van der Waals surface area contributed by atoms with E-state index in [2.05, 4.69) is 25.3 Å². The van der Waals surface area contributed by atoms with E-state index in [1.165, 1.54) is 0 Å². The van der Waals surface area contributed by atoms with Gasteiger partial charge < -0.3 is 28.4 Å². The number of carbonyl (C=O) groups is 4. The highest BCUT2D eigenvalue weighted by Gasteiger charge is 2.62. The van der Waals surface area contributed by atoms with Gasteiger partial charge in [0.25, 0.3) is 0 Å². The van der Waals surface area contributed by atoms with E-state index in [4.69, 9.17) is 28.4 Å². The fourth-order valence-corrected chi connectivity index (χ4v) is 7.20. The molecule has 4 heterocycles. The Morgan fingerprint density at radius 3 is 1.59 bits per heavy atom. The molecule has 2 aliphatic carbocycles. The van der Waals surface area contributed by atoms with Gasteiger partial charge in [0.2, 0.25) is 0 Å². The van der Waals surface area contributed by atoms with Crippen LogP contribution in [0.15, 0.2) is 47.6 Å². The summed E-state index contributed by atoms with van der Waals surface area (Å²) >= 11 is 0. The number of esters is 4. The van der Waals surface area contributed by atoms with Gasteiger partial charge in [-0.1, -0.05) is 25.3 Å². The van der Waals surface area contributed by atoms with E-state index in [1.54, 1.807) is 0 Å².